The molecule has 0 bridgehead atoms. The van der Waals surface area contributed by atoms with Crippen molar-refractivity contribution >= 4 is 6.09 Å². The minimum Gasteiger partial charge on any atom is -0.444 e. The Morgan fingerprint density at radius 3 is 2.35 bits per heavy atom. The van der Waals surface area contributed by atoms with Crippen LogP contribution in [0.3, 0.4) is 0 Å². The lowest BCUT2D eigenvalue weighted by Crippen LogP contribution is -2.49. The highest BCUT2D eigenvalue weighted by atomic mass is 16.7. The van der Waals surface area contributed by atoms with Crippen LogP contribution in [0.4, 0.5) is 4.79 Å². The van der Waals surface area contributed by atoms with E-state index < -0.39 is 5.60 Å². The Bertz CT molecular complexity index is 300. The van der Waals surface area contributed by atoms with Gasteiger partial charge in [-0.05, 0) is 40.0 Å². The summed E-state index contributed by atoms with van der Waals surface area (Å²) in [5, 5.41) is 6.32. The molecule has 20 heavy (non-hydrogen) atoms. The zero-order valence-corrected chi connectivity index (χ0v) is 13.2. The maximum absolute atomic E-state index is 11.8. The highest BCUT2D eigenvalue weighted by Crippen LogP contribution is 2.20. The number of nitrogens with one attached hydrogen (secondary N) is 2. The number of hydrogen-bond acceptors (Lipinski definition) is 5. The van der Waals surface area contributed by atoms with Gasteiger partial charge < -0.3 is 24.8 Å². The molecular weight excluding hydrogens is 260 g/mol. The molecule has 0 aromatic rings. The summed E-state index contributed by atoms with van der Waals surface area (Å²) in [6.07, 6.45) is 2.45. The van der Waals surface area contributed by atoms with Gasteiger partial charge in [0.25, 0.3) is 0 Å². The molecule has 2 N–H and O–H groups in total. The first-order valence-corrected chi connectivity index (χ1v) is 7.14. The predicted molar refractivity (Wildman–Crippen MR) is 76.6 cm³/mol. The van der Waals surface area contributed by atoms with Gasteiger partial charge in [0.2, 0.25) is 0 Å². The first-order valence-electron chi connectivity index (χ1n) is 7.14. The minimum atomic E-state index is -0.469. The van der Waals surface area contributed by atoms with Gasteiger partial charge in [-0.15, -0.1) is 0 Å². The van der Waals surface area contributed by atoms with Gasteiger partial charge >= 0.3 is 6.09 Å². The van der Waals surface area contributed by atoms with Crippen molar-refractivity contribution in [2.75, 3.05) is 20.8 Å². The highest BCUT2D eigenvalue weighted by molar-refractivity contribution is 5.68. The Morgan fingerprint density at radius 2 is 1.80 bits per heavy atom. The molecule has 1 aliphatic carbocycles. The van der Waals surface area contributed by atoms with Crippen molar-refractivity contribution in [3.8, 4) is 0 Å². The normalized spacial score (nSPS) is 23.1. The first-order chi connectivity index (χ1) is 9.35. The van der Waals surface area contributed by atoms with Crippen LogP contribution in [-0.4, -0.2) is 50.8 Å². The Kier molecular flexibility index (Phi) is 6.71. The van der Waals surface area contributed by atoms with Crippen LogP contribution in [0.1, 0.15) is 40.0 Å². The van der Waals surface area contributed by atoms with Crippen molar-refractivity contribution in [3.63, 3.8) is 0 Å². The molecule has 1 saturated carbocycles. The van der Waals surface area contributed by atoms with Gasteiger partial charge in [-0.25, -0.2) is 4.79 Å². The number of alkyl carbamates (subject to hydrolysis) is 1. The zero-order valence-electron chi connectivity index (χ0n) is 13.2. The molecule has 0 aromatic heterocycles. The van der Waals surface area contributed by atoms with Crippen LogP contribution in [0.2, 0.25) is 0 Å². The third kappa shape index (κ3) is 6.07. The Morgan fingerprint density at radius 1 is 1.20 bits per heavy atom. The average Bonchev–Trinajstić information content (AvgIpc) is 2.75. The summed E-state index contributed by atoms with van der Waals surface area (Å²) in [7, 11) is 3.22. The molecule has 1 aliphatic rings. The van der Waals surface area contributed by atoms with E-state index in [9.17, 15) is 4.79 Å². The number of hydrogen-bond donors (Lipinski definition) is 2. The van der Waals surface area contributed by atoms with E-state index in [1.54, 1.807) is 14.2 Å². The van der Waals surface area contributed by atoms with E-state index in [2.05, 4.69) is 10.6 Å². The average molecular weight is 288 g/mol. The topological polar surface area (TPSA) is 68.8 Å². The molecule has 1 rings (SSSR count). The van der Waals surface area contributed by atoms with E-state index in [-0.39, 0.29) is 24.5 Å². The van der Waals surface area contributed by atoms with Crippen molar-refractivity contribution in [2.24, 2.45) is 0 Å². The Hall–Kier alpha value is -0.850. The van der Waals surface area contributed by atoms with Crippen molar-refractivity contribution < 1.29 is 19.0 Å². The number of carbonyl (C=O) groups is 1. The van der Waals surface area contributed by atoms with Crippen molar-refractivity contribution in [3.05, 3.63) is 0 Å². The fraction of sp³-hybridized carbons (Fsp3) is 0.929. The third-order valence-electron chi connectivity index (χ3n) is 3.29. The molecule has 2 atom stereocenters. The van der Waals surface area contributed by atoms with E-state index in [0.29, 0.717) is 6.54 Å². The van der Waals surface area contributed by atoms with Gasteiger partial charge in [0.05, 0.1) is 0 Å². The molecule has 118 valence electrons. The summed E-state index contributed by atoms with van der Waals surface area (Å²) in [5.41, 5.74) is -0.469. The van der Waals surface area contributed by atoms with E-state index in [1.807, 2.05) is 20.8 Å². The van der Waals surface area contributed by atoms with Crippen LogP contribution in [0.25, 0.3) is 0 Å². The highest BCUT2D eigenvalue weighted by Gasteiger charge is 2.30. The summed E-state index contributed by atoms with van der Waals surface area (Å²) >= 11 is 0. The van der Waals surface area contributed by atoms with Crippen molar-refractivity contribution in [1.82, 2.24) is 10.6 Å². The van der Waals surface area contributed by atoms with E-state index >= 15 is 0 Å². The molecule has 0 aliphatic heterocycles. The lowest BCUT2D eigenvalue weighted by molar-refractivity contribution is -0.1000. The Labute approximate surface area is 121 Å². The van der Waals surface area contributed by atoms with E-state index in [0.717, 1.165) is 19.3 Å². The second-order valence-corrected chi connectivity index (χ2v) is 6.10. The minimum absolute atomic E-state index is 0.0965. The fourth-order valence-corrected chi connectivity index (χ4v) is 2.35. The van der Waals surface area contributed by atoms with Gasteiger partial charge in [0, 0.05) is 32.8 Å². The molecule has 1 amide bonds. The summed E-state index contributed by atoms with van der Waals surface area (Å²) in [6.45, 7) is 6.18. The molecule has 0 heterocycles. The summed E-state index contributed by atoms with van der Waals surface area (Å²) in [6, 6.07) is 0.328. The maximum atomic E-state index is 11.8. The summed E-state index contributed by atoms with van der Waals surface area (Å²) in [4.78, 5) is 11.8. The second-order valence-electron chi connectivity index (χ2n) is 6.10. The quantitative estimate of drug-likeness (QED) is 0.727. The molecule has 0 radical (unpaired) electrons. The number of rotatable bonds is 6. The standard InChI is InChI=1S/C14H28N2O4/c1-14(2,3)20-13(17)16-11-8-6-7-10(11)15-9-12(18-4)19-5/h10-12,15H,6-9H2,1-5H3,(H,16,17). The fourth-order valence-electron chi connectivity index (χ4n) is 2.35. The molecule has 0 saturated heterocycles. The molecule has 2 unspecified atom stereocenters. The molecule has 1 fully saturated rings. The maximum Gasteiger partial charge on any atom is 0.407 e. The second kappa shape index (κ2) is 7.81. The largest absolute Gasteiger partial charge is 0.444 e. The molecule has 6 nitrogen and oxygen atoms in total. The predicted octanol–water partition coefficient (Wildman–Crippen LogP) is 1.64. The third-order valence-corrected chi connectivity index (χ3v) is 3.29. The van der Waals surface area contributed by atoms with Crippen LogP contribution in [0.15, 0.2) is 0 Å². The SMILES string of the molecule is COC(CNC1CCCC1NC(=O)OC(C)(C)C)OC. The van der Waals surface area contributed by atoms with Gasteiger partial charge in [0.15, 0.2) is 6.29 Å². The molecule has 6 heteroatoms. The molecule has 0 aromatic carbocycles. The number of methoxy groups -OCH3 is 2. The molecular formula is C14H28N2O4. The van der Waals surface area contributed by atoms with Gasteiger partial charge in [-0.3, -0.25) is 0 Å². The van der Waals surface area contributed by atoms with Gasteiger partial charge in [0.1, 0.15) is 5.60 Å². The van der Waals surface area contributed by atoms with Crippen LogP contribution >= 0.6 is 0 Å². The number of ether oxygens (including phenoxy) is 3. The van der Waals surface area contributed by atoms with Crippen molar-refractivity contribution in [1.29, 1.82) is 0 Å². The zero-order chi connectivity index (χ0) is 15.2. The van der Waals surface area contributed by atoms with Crippen LogP contribution in [0, 0.1) is 0 Å². The number of carbonyl (C=O) groups excluding carboxylic acids is 1. The van der Waals surface area contributed by atoms with E-state index in [4.69, 9.17) is 14.2 Å². The van der Waals surface area contributed by atoms with Gasteiger partial charge in [-0.2, -0.15) is 0 Å². The van der Waals surface area contributed by atoms with Crippen LogP contribution < -0.4 is 10.6 Å². The van der Waals surface area contributed by atoms with Crippen LogP contribution in [0.5, 0.6) is 0 Å². The lowest BCUT2D eigenvalue weighted by Gasteiger charge is -2.26. The van der Waals surface area contributed by atoms with Crippen LogP contribution in [-0.2, 0) is 14.2 Å². The summed E-state index contributed by atoms with van der Waals surface area (Å²) < 4.78 is 15.6. The smallest absolute Gasteiger partial charge is 0.407 e. The number of amides is 1. The van der Waals surface area contributed by atoms with Crippen molar-refractivity contribution in [2.45, 2.75) is 64.0 Å². The first kappa shape index (κ1) is 17.2. The Balaban J connectivity index is 2.39. The summed E-state index contributed by atoms with van der Waals surface area (Å²) in [5.74, 6) is 0. The van der Waals surface area contributed by atoms with E-state index in [1.165, 1.54) is 0 Å². The molecule has 0 spiro atoms. The lowest BCUT2D eigenvalue weighted by atomic mass is 10.1. The monoisotopic (exact) mass is 288 g/mol. The van der Waals surface area contributed by atoms with Gasteiger partial charge in [-0.1, -0.05) is 0 Å².